The summed E-state index contributed by atoms with van der Waals surface area (Å²) in [6.45, 7) is 4.26. The molecule has 3 N–H and O–H groups in total. The maximum Gasteiger partial charge on any atom is 0.172 e. The van der Waals surface area contributed by atoms with E-state index in [2.05, 4.69) is 15.0 Å². The number of ether oxygens (including phenoxy) is 1. The molecular formula is C15H24N4O2. The number of likely N-dealkylation sites (tertiary alicyclic amines) is 1. The first-order valence-corrected chi connectivity index (χ1v) is 7.25. The molecule has 1 aliphatic rings. The topological polar surface area (TPSA) is 74.3 Å². The predicted molar refractivity (Wildman–Crippen MR) is 84.4 cm³/mol. The van der Waals surface area contributed by atoms with Crippen molar-refractivity contribution in [3.8, 4) is 5.75 Å². The van der Waals surface area contributed by atoms with Crippen molar-refractivity contribution in [1.29, 1.82) is 0 Å². The van der Waals surface area contributed by atoms with Crippen molar-refractivity contribution in [2.75, 3.05) is 45.2 Å². The molecule has 0 radical (unpaired) electrons. The zero-order valence-electron chi connectivity index (χ0n) is 12.7. The van der Waals surface area contributed by atoms with E-state index in [1.807, 2.05) is 25.2 Å². The zero-order chi connectivity index (χ0) is 15.2. The van der Waals surface area contributed by atoms with E-state index >= 15 is 0 Å². The number of hydrogen-bond donors (Lipinski definition) is 2. The number of likely N-dealkylation sites (N-methyl/N-ethyl adjacent to an activating group) is 1. The summed E-state index contributed by atoms with van der Waals surface area (Å²) in [4.78, 5) is 4.58. The second-order valence-corrected chi connectivity index (χ2v) is 5.34. The van der Waals surface area contributed by atoms with Crippen LogP contribution in [0, 0.1) is 0 Å². The minimum absolute atomic E-state index is 0.112. The number of anilines is 1. The number of nitrogens with zero attached hydrogens (tertiary/aromatic N) is 3. The van der Waals surface area contributed by atoms with E-state index in [-0.39, 0.29) is 5.84 Å². The fraction of sp³-hybridized carbons (Fsp3) is 0.533. The van der Waals surface area contributed by atoms with Gasteiger partial charge in [0.25, 0.3) is 0 Å². The van der Waals surface area contributed by atoms with Gasteiger partial charge in [-0.2, -0.15) is 0 Å². The zero-order valence-corrected chi connectivity index (χ0v) is 12.7. The lowest BCUT2D eigenvalue weighted by Gasteiger charge is -2.25. The van der Waals surface area contributed by atoms with Crippen molar-refractivity contribution in [2.45, 2.75) is 12.8 Å². The van der Waals surface area contributed by atoms with Crippen LogP contribution in [-0.4, -0.2) is 56.3 Å². The summed E-state index contributed by atoms with van der Waals surface area (Å²) in [5.74, 6) is 0.869. The highest BCUT2D eigenvalue weighted by Gasteiger charge is 2.15. The van der Waals surface area contributed by atoms with E-state index in [1.165, 1.54) is 25.9 Å². The van der Waals surface area contributed by atoms with Gasteiger partial charge >= 0.3 is 0 Å². The Labute approximate surface area is 125 Å². The third-order valence-corrected chi connectivity index (χ3v) is 3.95. The summed E-state index contributed by atoms with van der Waals surface area (Å²) in [6, 6.07) is 5.54. The summed E-state index contributed by atoms with van der Waals surface area (Å²) in [6.07, 6.45) is 2.58. The Morgan fingerprint density at radius 1 is 1.43 bits per heavy atom. The molecule has 21 heavy (non-hydrogen) atoms. The van der Waals surface area contributed by atoms with E-state index in [0.29, 0.717) is 5.56 Å². The summed E-state index contributed by atoms with van der Waals surface area (Å²) in [7, 11) is 3.64. The molecule has 1 aliphatic heterocycles. The Kier molecular flexibility index (Phi) is 5.27. The molecule has 0 spiro atoms. The number of oxime groups is 1. The highest BCUT2D eigenvalue weighted by atomic mass is 16.5. The highest BCUT2D eigenvalue weighted by Crippen LogP contribution is 2.25. The third kappa shape index (κ3) is 3.78. The molecule has 1 heterocycles. The first-order valence-electron chi connectivity index (χ1n) is 7.25. The molecule has 2 rings (SSSR count). The molecule has 0 unspecified atom stereocenters. The van der Waals surface area contributed by atoms with Crippen LogP contribution in [0.25, 0.3) is 0 Å². The molecular weight excluding hydrogens is 268 g/mol. The average molecular weight is 292 g/mol. The first kappa shape index (κ1) is 15.4. The van der Waals surface area contributed by atoms with Gasteiger partial charge in [-0.1, -0.05) is 5.16 Å². The highest BCUT2D eigenvalue weighted by molar-refractivity contribution is 6.02. The van der Waals surface area contributed by atoms with Gasteiger partial charge in [0.15, 0.2) is 5.84 Å². The molecule has 1 fully saturated rings. The van der Waals surface area contributed by atoms with Crippen LogP contribution in [0.1, 0.15) is 18.4 Å². The van der Waals surface area contributed by atoms with Crippen molar-refractivity contribution in [2.24, 2.45) is 10.9 Å². The number of methoxy groups -OCH3 is 1. The van der Waals surface area contributed by atoms with Crippen LogP contribution in [0.5, 0.6) is 5.75 Å². The summed E-state index contributed by atoms with van der Waals surface area (Å²) in [5, 5.41) is 12.0. The Morgan fingerprint density at radius 2 is 2.14 bits per heavy atom. The first-order chi connectivity index (χ1) is 10.2. The summed E-state index contributed by atoms with van der Waals surface area (Å²) >= 11 is 0. The van der Waals surface area contributed by atoms with E-state index in [0.717, 1.165) is 24.5 Å². The van der Waals surface area contributed by atoms with Crippen LogP contribution in [0.3, 0.4) is 0 Å². The number of rotatable bonds is 6. The maximum absolute atomic E-state index is 8.93. The molecule has 116 valence electrons. The van der Waals surface area contributed by atoms with E-state index in [9.17, 15) is 0 Å². The van der Waals surface area contributed by atoms with Crippen LogP contribution >= 0.6 is 0 Å². The molecule has 0 aliphatic carbocycles. The fourth-order valence-corrected chi connectivity index (χ4v) is 2.64. The van der Waals surface area contributed by atoms with Crippen LogP contribution in [-0.2, 0) is 0 Å². The average Bonchev–Trinajstić information content (AvgIpc) is 3.04. The van der Waals surface area contributed by atoms with Crippen LogP contribution in [0.15, 0.2) is 23.4 Å². The Morgan fingerprint density at radius 3 is 2.76 bits per heavy atom. The predicted octanol–water partition coefficient (Wildman–Crippen LogP) is 1.32. The van der Waals surface area contributed by atoms with Gasteiger partial charge in [-0.25, -0.2) is 0 Å². The quantitative estimate of drug-likeness (QED) is 0.358. The summed E-state index contributed by atoms with van der Waals surface area (Å²) in [5.41, 5.74) is 7.38. The standard InChI is InChI=1S/C15H24N4O2/c1-18(9-10-19-7-3-4-8-19)14-11-12(21-2)5-6-13(14)15(16)17-20/h5-6,11,20H,3-4,7-10H2,1-2H3,(H2,16,17). The van der Waals surface area contributed by atoms with Crippen molar-refractivity contribution < 1.29 is 9.94 Å². The minimum Gasteiger partial charge on any atom is -0.497 e. The lowest BCUT2D eigenvalue weighted by atomic mass is 10.1. The smallest absolute Gasteiger partial charge is 0.172 e. The number of hydrogen-bond acceptors (Lipinski definition) is 5. The van der Waals surface area contributed by atoms with Gasteiger partial charge in [0.05, 0.1) is 12.8 Å². The van der Waals surface area contributed by atoms with Gasteiger partial charge in [-0.15, -0.1) is 0 Å². The van der Waals surface area contributed by atoms with Gasteiger partial charge in [-0.3, -0.25) is 0 Å². The molecule has 1 aromatic rings. The number of nitrogens with two attached hydrogens (primary N) is 1. The maximum atomic E-state index is 8.93. The monoisotopic (exact) mass is 292 g/mol. The van der Waals surface area contributed by atoms with Gasteiger partial charge < -0.3 is 25.5 Å². The van der Waals surface area contributed by atoms with Gasteiger partial charge in [0.2, 0.25) is 0 Å². The molecule has 6 nitrogen and oxygen atoms in total. The fourth-order valence-electron chi connectivity index (χ4n) is 2.64. The molecule has 6 heteroatoms. The number of amidine groups is 1. The van der Waals surface area contributed by atoms with Crippen LogP contribution in [0.2, 0.25) is 0 Å². The Balaban J connectivity index is 2.14. The second kappa shape index (κ2) is 7.17. The molecule has 0 atom stereocenters. The summed E-state index contributed by atoms with van der Waals surface area (Å²) < 4.78 is 5.27. The molecule has 1 saturated heterocycles. The number of benzene rings is 1. The molecule has 0 amide bonds. The Bertz CT molecular complexity index is 498. The van der Waals surface area contributed by atoms with Crippen LogP contribution in [0.4, 0.5) is 5.69 Å². The van der Waals surface area contributed by atoms with Gasteiger partial charge in [0.1, 0.15) is 5.75 Å². The molecule has 0 bridgehead atoms. The lowest BCUT2D eigenvalue weighted by molar-refractivity contribution is 0.318. The minimum atomic E-state index is 0.112. The van der Waals surface area contributed by atoms with E-state index < -0.39 is 0 Å². The lowest BCUT2D eigenvalue weighted by Crippen LogP contribution is -2.32. The van der Waals surface area contributed by atoms with Crippen molar-refractivity contribution in [1.82, 2.24) is 4.90 Å². The molecule has 0 saturated carbocycles. The van der Waals surface area contributed by atoms with Crippen molar-refractivity contribution in [3.63, 3.8) is 0 Å². The van der Waals surface area contributed by atoms with Crippen LogP contribution < -0.4 is 15.4 Å². The second-order valence-electron chi connectivity index (χ2n) is 5.34. The van der Waals surface area contributed by atoms with Gasteiger partial charge in [0, 0.05) is 31.8 Å². The molecule has 1 aromatic carbocycles. The van der Waals surface area contributed by atoms with Gasteiger partial charge in [-0.05, 0) is 38.1 Å². The molecule has 0 aromatic heterocycles. The Hall–Kier alpha value is -1.95. The largest absolute Gasteiger partial charge is 0.497 e. The third-order valence-electron chi connectivity index (χ3n) is 3.95. The SMILES string of the molecule is COc1ccc(/C(N)=N/O)c(N(C)CCN2CCCC2)c1. The van der Waals surface area contributed by atoms with E-state index in [1.54, 1.807) is 7.11 Å². The van der Waals surface area contributed by atoms with Crippen molar-refractivity contribution >= 4 is 11.5 Å². The normalized spacial score (nSPS) is 16.2. The van der Waals surface area contributed by atoms with Crippen molar-refractivity contribution in [3.05, 3.63) is 23.8 Å². The van der Waals surface area contributed by atoms with E-state index in [4.69, 9.17) is 15.7 Å².